The summed E-state index contributed by atoms with van der Waals surface area (Å²) in [5.41, 5.74) is 1.46. The molecule has 0 N–H and O–H groups in total. The van der Waals surface area contributed by atoms with Crippen LogP contribution in [0.1, 0.15) is 26.3 Å². The molecule has 0 heterocycles. The van der Waals surface area contributed by atoms with E-state index in [1.807, 2.05) is 17.2 Å². The number of nitrogens with zero attached hydrogens (tertiary/aromatic N) is 1. The summed E-state index contributed by atoms with van der Waals surface area (Å²) < 4.78 is 1.89. The van der Waals surface area contributed by atoms with Crippen LogP contribution < -0.4 is 21.5 Å². The van der Waals surface area contributed by atoms with Crippen LogP contribution in [0.2, 0.25) is 0 Å². The average Bonchev–Trinajstić information content (AvgIpc) is 2.27. The maximum atomic E-state index is 11.8. The van der Waals surface area contributed by atoms with Crippen molar-refractivity contribution >= 4 is 10.1 Å². The third-order valence-corrected chi connectivity index (χ3v) is 3.79. The molecule has 1 aromatic rings. The molecule has 0 aliphatic carbocycles. The Balaban J connectivity index is 3.10. The Morgan fingerprint density at radius 2 is 2.19 bits per heavy atom. The summed E-state index contributed by atoms with van der Waals surface area (Å²) in [6.07, 6.45) is 5.90. The van der Waals surface area contributed by atoms with Gasteiger partial charge in [0.25, 0.3) is 0 Å². The van der Waals surface area contributed by atoms with Gasteiger partial charge in [-0.2, -0.15) is 0 Å². The molecule has 1 aromatic carbocycles. The van der Waals surface area contributed by atoms with E-state index in [1.165, 1.54) is 0 Å². The van der Waals surface area contributed by atoms with Gasteiger partial charge in [-0.05, 0) is 0 Å². The van der Waals surface area contributed by atoms with Crippen molar-refractivity contribution in [2.75, 3.05) is 14.1 Å². The standard InChI is InChI=1S/C12H11INO2/c1-4-9-5-6-11(10(7-9)8-15)12(16)13-14(2)3/h1,5-8H,2-3H3/q-1. The number of rotatable bonds is 4. The van der Waals surface area contributed by atoms with Gasteiger partial charge < -0.3 is 0 Å². The van der Waals surface area contributed by atoms with Crippen molar-refractivity contribution in [1.29, 1.82) is 0 Å². The number of carbonyl (C=O) groups excluding carboxylic acids is 2. The van der Waals surface area contributed by atoms with E-state index in [1.54, 1.807) is 18.2 Å². The summed E-state index contributed by atoms with van der Waals surface area (Å²) in [6.45, 7) is 0. The Morgan fingerprint density at radius 1 is 1.50 bits per heavy atom. The fourth-order valence-corrected chi connectivity index (χ4v) is 2.76. The van der Waals surface area contributed by atoms with E-state index in [2.05, 4.69) is 5.92 Å². The zero-order valence-electron chi connectivity index (χ0n) is 9.03. The topological polar surface area (TPSA) is 37.4 Å². The summed E-state index contributed by atoms with van der Waals surface area (Å²) in [5, 5.41) is 0. The van der Waals surface area contributed by atoms with E-state index >= 15 is 0 Å². The van der Waals surface area contributed by atoms with Gasteiger partial charge in [0.2, 0.25) is 0 Å². The van der Waals surface area contributed by atoms with Crippen LogP contribution in [0, 0.1) is 12.3 Å². The molecule has 3 nitrogen and oxygen atoms in total. The number of hydrogen-bond acceptors (Lipinski definition) is 3. The molecule has 0 aliphatic rings. The molecule has 0 atom stereocenters. The minimum atomic E-state index is -0.730. The van der Waals surface area contributed by atoms with Gasteiger partial charge in [-0.15, -0.1) is 0 Å². The van der Waals surface area contributed by atoms with E-state index < -0.39 is 21.5 Å². The summed E-state index contributed by atoms with van der Waals surface area (Å²) in [5.74, 6) is 2.44. The number of terminal acetylenes is 1. The van der Waals surface area contributed by atoms with Crippen molar-refractivity contribution in [3.63, 3.8) is 0 Å². The third-order valence-electron chi connectivity index (χ3n) is 1.80. The molecule has 0 bridgehead atoms. The maximum absolute atomic E-state index is 11.8. The van der Waals surface area contributed by atoms with Crippen molar-refractivity contribution < 1.29 is 31.1 Å². The number of aldehydes is 1. The molecule has 0 spiro atoms. The van der Waals surface area contributed by atoms with Gasteiger partial charge >= 0.3 is 106 Å². The fourth-order valence-electron chi connectivity index (χ4n) is 1.13. The molecule has 0 radical (unpaired) electrons. The van der Waals surface area contributed by atoms with E-state index in [0.29, 0.717) is 23.0 Å². The van der Waals surface area contributed by atoms with E-state index in [4.69, 9.17) is 6.42 Å². The van der Waals surface area contributed by atoms with Crippen molar-refractivity contribution in [3.05, 3.63) is 34.9 Å². The Morgan fingerprint density at radius 3 is 2.69 bits per heavy atom. The molecule has 0 saturated carbocycles. The van der Waals surface area contributed by atoms with Crippen LogP contribution in [0.3, 0.4) is 0 Å². The van der Waals surface area contributed by atoms with Crippen LogP contribution in [0.15, 0.2) is 18.2 Å². The Hall–Kier alpha value is -1.19. The molecule has 16 heavy (non-hydrogen) atoms. The fraction of sp³-hybridized carbons (Fsp3) is 0.167. The van der Waals surface area contributed by atoms with Crippen molar-refractivity contribution in [2.24, 2.45) is 0 Å². The van der Waals surface area contributed by atoms with Gasteiger partial charge in [0.15, 0.2) is 0 Å². The van der Waals surface area contributed by atoms with Crippen molar-refractivity contribution in [2.45, 2.75) is 0 Å². The van der Waals surface area contributed by atoms with Crippen LogP contribution in [-0.4, -0.2) is 27.3 Å². The first-order chi connectivity index (χ1) is 7.58. The molecule has 0 saturated heterocycles. The molecule has 0 aromatic heterocycles. The van der Waals surface area contributed by atoms with E-state index in [0.717, 1.165) is 0 Å². The second-order valence-corrected chi connectivity index (χ2v) is 6.60. The van der Waals surface area contributed by atoms with Crippen LogP contribution in [0.25, 0.3) is 0 Å². The third kappa shape index (κ3) is 3.15. The first-order valence-corrected chi connectivity index (χ1v) is 6.55. The van der Waals surface area contributed by atoms with Gasteiger partial charge in [-0.1, -0.05) is 0 Å². The number of hydrogen-bond donors (Lipinski definition) is 0. The predicted octanol–water partition coefficient (Wildman–Crippen LogP) is -1.81. The molecule has 1 rings (SSSR count). The van der Waals surface area contributed by atoms with Gasteiger partial charge in [-0.3, -0.25) is 0 Å². The summed E-state index contributed by atoms with van der Waals surface area (Å²) in [7, 11) is 3.70. The zero-order chi connectivity index (χ0) is 12.1. The average molecular weight is 328 g/mol. The molecule has 0 amide bonds. The Labute approximate surface area is 105 Å². The van der Waals surface area contributed by atoms with Crippen molar-refractivity contribution in [1.82, 2.24) is 3.11 Å². The number of carbonyl (C=O) groups is 2. The first-order valence-electron chi connectivity index (χ1n) is 4.51. The first kappa shape index (κ1) is 12.9. The van der Waals surface area contributed by atoms with Gasteiger partial charge in [-0.25, -0.2) is 0 Å². The van der Waals surface area contributed by atoms with Gasteiger partial charge in [0.1, 0.15) is 0 Å². The van der Waals surface area contributed by atoms with Crippen LogP contribution in [-0.2, 0) is 0 Å². The van der Waals surface area contributed by atoms with E-state index in [9.17, 15) is 9.59 Å². The Bertz CT molecular complexity index is 461. The summed E-state index contributed by atoms with van der Waals surface area (Å²) in [6, 6.07) is 4.88. The summed E-state index contributed by atoms with van der Waals surface area (Å²) in [4.78, 5) is 22.7. The minimum absolute atomic E-state index is 0.0227. The predicted molar refractivity (Wildman–Crippen MR) is 57.8 cm³/mol. The molecular formula is C12H11INO2-. The molecule has 84 valence electrons. The molecule has 0 aliphatic heterocycles. The molecule has 4 heteroatoms. The van der Waals surface area contributed by atoms with E-state index in [-0.39, 0.29) is 3.79 Å². The van der Waals surface area contributed by atoms with Crippen LogP contribution >= 0.6 is 0 Å². The summed E-state index contributed by atoms with van der Waals surface area (Å²) >= 11 is -0.730. The van der Waals surface area contributed by atoms with Gasteiger partial charge in [0.05, 0.1) is 0 Å². The quantitative estimate of drug-likeness (QED) is 0.215. The molecular weight excluding hydrogens is 317 g/mol. The molecule has 0 unspecified atom stereocenters. The zero-order valence-corrected chi connectivity index (χ0v) is 11.2. The number of benzene rings is 1. The number of halogens is 1. The van der Waals surface area contributed by atoms with Crippen LogP contribution in [0.5, 0.6) is 0 Å². The van der Waals surface area contributed by atoms with Crippen LogP contribution in [0.4, 0.5) is 0 Å². The second-order valence-electron chi connectivity index (χ2n) is 3.21. The Kier molecular flexibility index (Phi) is 4.65. The SMILES string of the molecule is C#Cc1ccc(C(=O)[I-]N(C)C)c(C=O)c1. The van der Waals surface area contributed by atoms with Crippen molar-refractivity contribution in [3.8, 4) is 12.3 Å². The van der Waals surface area contributed by atoms with Gasteiger partial charge in [0, 0.05) is 0 Å². The second kappa shape index (κ2) is 5.77. The molecule has 0 fully saturated rings. The normalized spacial score (nSPS) is 10.1. The monoisotopic (exact) mass is 328 g/mol.